The zero-order valence-corrected chi connectivity index (χ0v) is 11.0. The average molecular weight is 236 g/mol. The largest absolute Gasteiger partial charge is 0.312 e. The van der Waals surface area contributed by atoms with Crippen molar-refractivity contribution < 1.29 is 0 Å². The van der Waals surface area contributed by atoms with Gasteiger partial charge in [-0.25, -0.2) is 0 Å². The lowest BCUT2D eigenvalue weighted by molar-refractivity contribution is 0.206. The zero-order valence-electron chi connectivity index (χ0n) is 11.0. The van der Waals surface area contributed by atoms with Gasteiger partial charge in [0.25, 0.3) is 0 Å². The van der Waals surface area contributed by atoms with Crippen molar-refractivity contribution in [3.8, 4) is 0 Å². The molecule has 1 aliphatic heterocycles. The van der Waals surface area contributed by atoms with E-state index in [0.29, 0.717) is 0 Å². The minimum absolute atomic E-state index is 0.815. The van der Waals surface area contributed by atoms with Crippen molar-refractivity contribution in [2.24, 2.45) is 5.92 Å². The molecule has 2 heterocycles. The smallest absolute Gasteiger partial charge is 0.0534 e. The van der Waals surface area contributed by atoms with E-state index in [1.54, 1.807) is 0 Å². The van der Waals surface area contributed by atoms with Crippen LogP contribution in [-0.2, 0) is 13.1 Å². The van der Waals surface area contributed by atoms with E-state index in [1.807, 2.05) is 10.9 Å². The van der Waals surface area contributed by atoms with Gasteiger partial charge in [-0.1, -0.05) is 0 Å². The molecule has 0 unspecified atom stereocenters. The Balaban J connectivity index is 1.68. The van der Waals surface area contributed by atoms with E-state index in [0.717, 1.165) is 25.6 Å². The average Bonchev–Trinajstić information content (AvgIpc) is 2.77. The van der Waals surface area contributed by atoms with E-state index in [4.69, 9.17) is 0 Å². The molecule has 1 saturated heterocycles. The highest BCUT2D eigenvalue weighted by molar-refractivity contribution is 5.03. The van der Waals surface area contributed by atoms with E-state index in [2.05, 4.69) is 35.5 Å². The Bertz CT molecular complexity index is 334. The fourth-order valence-electron chi connectivity index (χ4n) is 2.53. The highest BCUT2D eigenvalue weighted by Gasteiger charge is 2.16. The number of hydrogen-bond acceptors (Lipinski definition) is 3. The number of hydrogen-bond donors (Lipinski definition) is 1. The summed E-state index contributed by atoms with van der Waals surface area (Å²) < 4.78 is 1.98. The third-order valence-corrected chi connectivity index (χ3v) is 3.49. The maximum absolute atomic E-state index is 4.28. The van der Waals surface area contributed by atoms with Crippen molar-refractivity contribution in [1.29, 1.82) is 0 Å². The topological polar surface area (TPSA) is 33.1 Å². The quantitative estimate of drug-likeness (QED) is 0.837. The molecule has 1 N–H and O–H groups in total. The predicted molar refractivity (Wildman–Crippen MR) is 69.8 cm³/mol. The molecule has 0 saturated carbocycles. The van der Waals surface area contributed by atoms with Crippen LogP contribution in [0, 0.1) is 5.92 Å². The number of aromatic nitrogens is 2. The molecule has 2 rings (SSSR count). The van der Waals surface area contributed by atoms with Crippen LogP contribution < -0.4 is 5.32 Å². The molecule has 0 spiro atoms. The lowest BCUT2D eigenvalue weighted by Gasteiger charge is -2.29. The molecule has 1 aromatic heterocycles. The molecule has 0 bridgehead atoms. The predicted octanol–water partition coefficient (Wildman–Crippen LogP) is 1.33. The fourth-order valence-corrected chi connectivity index (χ4v) is 2.53. The van der Waals surface area contributed by atoms with E-state index >= 15 is 0 Å². The van der Waals surface area contributed by atoms with Crippen molar-refractivity contribution in [3.63, 3.8) is 0 Å². The van der Waals surface area contributed by atoms with Crippen LogP contribution in [0.1, 0.15) is 25.3 Å². The van der Waals surface area contributed by atoms with Gasteiger partial charge in [-0.15, -0.1) is 0 Å². The molecule has 1 atom stereocenters. The van der Waals surface area contributed by atoms with Crippen molar-refractivity contribution >= 4 is 0 Å². The van der Waals surface area contributed by atoms with Gasteiger partial charge in [0.1, 0.15) is 0 Å². The molecule has 17 heavy (non-hydrogen) atoms. The molecule has 0 aromatic carbocycles. The van der Waals surface area contributed by atoms with Gasteiger partial charge < -0.3 is 10.2 Å². The number of nitrogens with zero attached hydrogens (tertiary/aromatic N) is 3. The van der Waals surface area contributed by atoms with E-state index < -0.39 is 0 Å². The van der Waals surface area contributed by atoms with E-state index in [9.17, 15) is 0 Å². The molecule has 4 nitrogen and oxygen atoms in total. The van der Waals surface area contributed by atoms with Crippen LogP contribution in [0.5, 0.6) is 0 Å². The maximum Gasteiger partial charge on any atom is 0.0534 e. The van der Waals surface area contributed by atoms with Crippen LogP contribution in [0.25, 0.3) is 0 Å². The summed E-state index contributed by atoms with van der Waals surface area (Å²) >= 11 is 0. The molecule has 1 fully saturated rings. The first-order chi connectivity index (χ1) is 8.28. The van der Waals surface area contributed by atoms with Crippen molar-refractivity contribution in [3.05, 3.63) is 18.0 Å². The first-order valence-corrected chi connectivity index (χ1v) is 6.68. The molecule has 0 amide bonds. The summed E-state index contributed by atoms with van der Waals surface area (Å²) in [6.07, 6.45) is 6.80. The van der Waals surface area contributed by atoms with Crippen LogP contribution in [0.4, 0.5) is 0 Å². The first-order valence-electron chi connectivity index (χ1n) is 6.68. The third-order valence-electron chi connectivity index (χ3n) is 3.49. The first kappa shape index (κ1) is 12.6. The Kier molecular flexibility index (Phi) is 4.57. The molecule has 0 aliphatic carbocycles. The molecule has 0 radical (unpaired) electrons. The summed E-state index contributed by atoms with van der Waals surface area (Å²) in [7, 11) is 2.22. The summed E-state index contributed by atoms with van der Waals surface area (Å²) in [6.45, 7) is 7.64. The molecule has 4 heteroatoms. The minimum Gasteiger partial charge on any atom is -0.312 e. The number of rotatable bonds is 5. The molecule has 96 valence electrons. The monoisotopic (exact) mass is 236 g/mol. The molecule has 1 aliphatic rings. The van der Waals surface area contributed by atoms with Gasteiger partial charge in [-0.3, -0.25) is 4.68 Å². The summed E-state index contributed by atoms with van der Waals surface area (Å²) in [6, 6.07) is 0. The SMILES string of the molecule is CCn1cc(CNC[C@@H]2CCCN(C)C2)cn1. The normalized spacial score (nSPS) is 21.9. The Morgan fingerprint density at radius 1 is 1.53 bits per heavy atom. The van der Waals surface area contributed by atoms with Crippen LogP contribution in [0.2, 0.25) is 0 Å². The van der Waals surface area contributed by atoms with Crippen LogP contribution in [-0.4, -0.2) is 41.4 Å². The lowest BCUT2D eigenvalue weighted by Crippen LogP contribution is -2.37. The van der Waals surface area contributed by atoms with Gasteiger partial charge in [0.2, 0.25) is 0 Å². The Morgan fingerprint density at radius 3 is 3.12 bits per heavy atom. The number of aryl methyl sites for hydroxylation is 1. The summed E-state index contributed by atoms with van der Waals surface area (Å²) in [5, 5.41) is 7.83. The maximum atomic E-state index is 4.28. The van der Waals surface area contributed by atoms with Crippen molar-refractivity contribution in [1.82, 2.24) is 20.0 Å². The summed E-state index contributed by atoms with van der Waals surface area (Å²) in [4.78, 5) is 2.44. The van der Waals surface area contributed by atoms with Crippen LogP contribution in [0.3, 0.4) is 0 Å². The fraction of sp³-hybridized carbons (Fsp3) is 0.769. The van der Waals surface area contributed by atoms with Gasteiger partial charge in [0.15, 0.2) is 0 Å². The second-order valence-corrected chi connectivity index (χ2v) is 5.11. The number of likely N-dealkylation sites (tertiary alicyclic amines) is 1. The Hall–Kier alpha value is -0.870. The van der Waals surface area contributed by atoms with Crippen molar-refractivity contribution in [2.45, 2.75) is 32.9 Å². The third kappa shape index (κ3) is 3.82. The second kappa shape index (κ2) is 6.17. The Labute approximate surface area is 104 Å². The van der Waals surface area contributed by atoms with Gasteiger partial charge in [-0.2, -0.15) is 5.10 Å². The van der Waals surface area contributed by atoms with Gasteiger partial charge in [-0.05, 0) is 45.8 Å². The Morgan fingerprint density at radius 2 is 2.41 bits per heavy atom. The molecular formula is C13H24N4. The zero-order chi connectivity index (χ0) is 12.1. The molecule has 1 aromatic rings. The van der Waals surface area contributed by atoms with Gasteiger partial charge >= 0.3 is 0 Å². The van der Waals surface area contributed by atoms with Crippen molar-refractivity contribution in [2.75, 3.05) is 26.7 Å². The molecular weight excluding hydrogens is 212 g/mol. The minimum atomic E-state index is 0.815. The van der Waals surface area contributed by atoms with Gasteiger partial charge in [0.05, 0.1) is 6.20 Å². The highest BCUT2D eigenvalue weighted by Crippen LogP contribution is 2.13. The second-order valence-electron chi connectivity index (χ2n) is 5.11. The standard InChI is InChI=1S/C13H24N4/c1-3-17-11-13(9-15-17)8-14-7-12-5-4-6-16(2)10-12/h9,11-12,14H,3-8,10H2,1-2H3/t12-/m0/s1. The summed E-state index contributed by atoms with van der Waals surface area (Å²) in [5.74, 6) is 0.815. The summed E-state index contributed by atoms with van der Waals surface area (Å²) in [5.41, 5.74) is 1.29. The highest BCUT2D eigenvalue weighted by atomic mass is 15.3. The number of piperidine rings is 1. The van der Waals surface area contributed by atoms with Gasteiger partial charge in [0, 0.05) is 31.4 Å². The number of nitrogens with one attached hydrogen (secondary N) is 1. The lowest BCUT2D eigenvalue weighted by atomic mass is 9.98. The van der Waals surface area contributed by atoms with Crippen LogP contribution >= 0.6 is 0 Å². The van der Waals surface area contributed by atoms with E-state index in [-0.39, 0.29) is 0 Å². The van der Waals surface area contributed by atoms with E-state index in [1.165, 1.54) is 31.5 Å². The van der Waals surface area contributed by atoms with Crippen LogP contribution in [0.15, 0.2) is 12.4 Å².